The fourth-order valence-electron chi connectivity index (χ4n) is 5.06. The third-order valence-electron chi connectivity index (χ3n) is 7.72. The zero-order valence-electron chi connectivity index (χ0n) is 22.5. The van der Waals surface area contributed by atoms with Crippen molar-refractivity contribution in [3.63, 3.8) is 0 Å². The third kappa shape index (κ3) is 5.29. The molecule has 0 aliphatic rings. The van der Waals surface area contributed by atoms with Gasteiger partial charge in [-0.25, -0.2) is 0 Å². The molecule has 4 aromatic rings. The van der Waals surface area contributed by atoms with Crippen LogP contribution in [0.5, 0.6) is 23.0 Å². The molecule has 192 valence electrons. The zero-order valence-corrected chi connectivity index (χ0v) is 22.5. The first-order chi connectivity index (χ1) is 17.5. The molecule has 37 heavy (non-hydrogen) atoms. The summed E-state index contributed by atoms with van der Waals surface area (Å²) in [5, 5.41) is 42.6. The first kappa shape index (κ1) is 26.2. The molecular weight excluding hydrogens is 460 g/mol. The van der Waals surface area contributed by atoms with Gasteiger partial charge in [-0.1, -0.05) is 47.5 Å². The molecule has 0 bridgehead atoms. The predicted molar refractivity (Wildman–Crippen MR) is 149 cm³/mol. The molecule has 0 amide bonds. The van der Waals surface area contributed by atoms with Crippen LogP contribution in [0.4, 0.5) is 0 Å². The summed E-state index contributed by atoms with van der Waals surface area (Å²) in [5.74, 6) is 0.963. The molecule has 0 atom stereocenters. The number of benzene rings is 4. The van der Waals surface area contributed by atoms with Gasteiger partial charge in [-0.3, -0.25) is 0 Å². The number of aryl methyl sites for hydroxylation is 2. The van der Waals surface area contributed by atoms with Crippen molar-refractivity contribution in [2.24, 2.45) is 0 Å². The summed E-state index contributed by atoms with van der Waals surface area (Å²) in [6.07, 6.45) is 1.50. The minimum Gasteiger partial charge on any atom is -0.508 e. The van der Waals surface area contributed by atoms with Crippen LogP contribution in [0.2, 0.25) is 0 Å². The average molecular weight is 497 g/mol. The molecule has 0 saturated carbocycles. The van der Waals surface area contributed by atoms with Crippen LogP contribution in [-0.4, -0.2) is 20.4 Å². The van der Waals surface area contributed by atoms with Gasteiger partial charge >= 0.3 is 0 Å². The van der Waals surface area contributed by atoms with Crippen molar-refractivity contribution < 1.29 is 20.4 Å². The fraction of sp³-hybridized carbons (Fsp3) is 0.273. The Morgan fingerprint density at radius 3 is 1.14 bits per heavy atom. The molecule has 4 aromatic carbocycles. The van der Waals surface area contributed by atoms with Crippen molar-refractivity contribution in [1.29, 1.82) is 0 Å². The van der Waals surface area contributed by atoms with Gasteiger partial charge in [0, 0.05) is 12.8 Å². The Labute approximate surface area is 219 Å². The number of hydrogen-bond donors (Lipinski definition) is 4. The van der Waals surface area contributed by atoms with Gasteiger partial charge in [0.2, 0.25) is 0 Å². The van der Waals surface area contributed by atoms with Crippen LogP contribution in [0, 0.1) is 41.5 Å². The normalized spacial score (nSPS) is 11.2. The zero-order chi connectivity index (χ0) is 27.0. The van der Waals surface area contributed by atoms with Crippen molar-refractivity contribution in [3.8, 4) is 23.0 Å². The highest BCUT2D eigenvalue weighted by Gasteiger charge is 2.18. The summed E-state index contributed by atoms with van der Waals surface area (Å²) >= 11 is 0. The second kappa shape index (κ2) is 10.2. The number of aromatic hydroxyl groups is 4. The van der Waals surface area contributed by atoms with Crippen LogP contribution < -0.4 is 0 Å². The van der Waals surface area contributed by atoms with E-state index in [1.807, 2.05) is 77.9 Å². The Hall–Kier alpha value is -3.92. The summed E-state index contributed by atoms with van der Waals surface area (Å²) in [5.41, 5.74) is 11.1. The fourth-order valence-corrected chi connectivity index (χ4v) is 5.06. The number of phenolic OH excluding ortho intramolecular Hbond substituents is 4. The van der Waals surface area contributed by atoms with E-state index in [1.165, 1.54) is 0 Å². The van der Waals surface area contributed by atoms with E-state index in [2.05, 4.69) is 0 Å². The SMILES string of the molecule is Cc1ccc(O)c(Cc2cc(Cc3cc(Cc4cc(C)ccc4O)c(O)c(C)c3C)c(C)c(C)c2O)c1. The Balaban J connectivity index is 1.75. The lowest BCUT2D eigenvalue weighted by molar-refractivity contribution is 0.459. The maximum Gasteiger partial charge on any atom is 0.122 e. The van der Waals surface area contributed by atoms with Gasteiger partial charge in [0.15, 0.2) is 0 Å². The third-order valence-corrected chi connectivity index (χ3v) is 7.72. The van der Waals surface area contributed by atoms with Gasteiger partial charge < -0.3 is 20.4 Å². The summed E-state index contributed by atoms with van der Waals surface area (Å²) in [6, 6.07) is 15.1. The van der Waals surface area contributed by atoms with Crippen LogP contribution in [0.3, 0.4) is 0 Å². The highest BCUT2D eigenvalue weighted by Crippen LogP contribution is 2.36. The van der Waals surface area contributed by atoms with Crippen LogP contribution >= 0.6 is 0 Å². The second-order valence-corrected chi connectivity index (χ2v) is 10.4. The second-order valence-electron chi connectivity index (χ2n) is 10.4. The van der Waals surface area contributed by atoms with E-state index in [9.17, 15) is 20.4 Å². The molecule has 0 heterocycles. The van der Waals surface area contributed by atoms with Crippen molar-refractivity contribution in [2.45, 2.75) is 60.8 Å². The molecule has 0 unspecified atom stereocenters. The quantitative estimate of drug-likeness (QED) is 0.229. The van der Waals surface area contributed by atoms with E-state index in [0.29, 0.717) is 19.3 Å². The van der Waals surface area contributed by atoms with Gasteiger partial charge in [0.05, 0.1) is 0 Å². The largest absolute Gasteiger partial charge is 0.508 e. The van der Waals surface area contributed by atoms with Gasteiger partial charge in [0.1, 0.15) is 23.0 Å². The molecule has 0 radical (unpaired) electrons. The molecule has 4 heteroatoms. The van der Waals surface area contributed by atoms with E-state index in [4.69, 9.17) is 0 Å². The summed E-state index contributed by atoms with van der Waals surface area (Å²) < 4.78 is 0. The number of phenols is 4. The number of hydrogen-bond acceptors (Lipinski definition) is 4. The monoisotopic (exact) mass is 496 g/mol. The first-order valence-electron chi connectivity index (χ1n) is 12.6. The van der Waals surface area contributed by atoms with Gasteiger partial charge in [-0.05, 0) is 116 Å². The minimum atomic E-state index is 0.221. The summed E-state index contributed by atoms with van der Waals surface area (Å²) in [6.45, 7) is 11.9. The predicted octanol–water partition coefficient (Wildman–Crippen LogP) is 7.13. The van der Waals surface area contributed by atoms with Crippen LogP contribution in [0.25, 0.3) is 0 Å². The highest BCUT2D eigenvalue weighted by molar-refractivity contribution is 5.56. The molecule has 0 aliphatic carbocycles. The molecule has 0 aromatic heterocycles. The van der Waals surface area contributed by atoms with Crippen molar-refractivity contribution >= 4 is 0 Å². The Morgan fingerprint density at radius 2 is 0.757 bits per heavy atom. The lowest BCUT2D eigenvalue weighted by Gasteiger charge is -2.19. The lowest BCUT2D eigenvalue weighted by atomic mass is 9.87. The van der Waals surface area contributed by atoms with Gasteiger partial charge in [-0.15, -0.1) is 0 Å². The van der Waals surface area contributed by atoms with Crippen LogP contribution in [0.15, 0.2) is 48.5 Å². The molecule has 0 fully saturated rings. The molecule has 4 rings (SSSR count). The van der Waals surface area contributed by atoms with Gasteiger partial charge in [-0.2, -0.15) is 0 Å². The summed E-state index contributed by atoms with van der Waals surface area (Å²) in [7, 11) is 0. The van der Waals surface area contributed by atoms with Crippen LogP contribution in [0.1, 0.15) is 66.8 Å². The molecule has 0 saturated heterocycles. The van der Waals surface area contributed by atoms with E-state index in [-0.39, 0.29) is 23.0 Å². The molecule has 0 spiro atoms. The van der Waals surface area contributed by atoms with Gasteiger partial charge in [0.25, 0.3) is 0 Å². The number of rotatable bonds is 6. The average Bonchev–Trinajstić information content (AvgIpc) is 2.86. The molecule has 4 N–H and O–H groups in total. The van der Waals surface area contributed by atoms with E-state index >= 15 is 0 Å². The van der Waals surface area contributed by atoms with Crippen molar-refractivity contribution in [2.75, 3.05) is 0 Å². The first-order valence-corrected chi connectivity index (χ1v) is 12.6. The minimum absolute atomic E-state index is 0.221. The van der Waals surface area contributed by atoms with Crippen molar-refractivity contribution in [1.82, 2.24) is 0 Å². The topological polar surface area (TPSA) is 80.9 Å². The Kier molecular flexibility index (Phi) is 7.22. The van der Waals surface area contributed by atoms with Crippen molar-refractivity contribution in [3.05, 3.63) is 115 Å². The smallest absolute Gasteiger partial charge is 0.122 e. The highest BCUT2D eigenvalue weighted by atomic mass is 16.3. The van der Waals surface area contributed by atoms with E-state index in [1.54, 1.807) is 12.1 Å². The molecular formula is C33H36O4. The van der Waals surface area contributed by atoms with Crippen LogP contribution in [-0.2, 0) is 19.3 Å². The maximum absolute atomic E-state index is 10.9. The molecule has 4 nitrogen and oxygen atoms in total. The Morgan fingerprint density at radius 1 is 0.405 bits per heavy atom. The maximum atomic E-state index is 10.9. The van der Waals surface area contributed by atoms with E-state index in [0.717, 1.165) is 66.8 Å². The molecule has 0 aliphatic heterocycles. The Bertz CT molecular complexity index is 1380. The standard InChI is InChI=1S/C33H36O4/c1-18-7-9-30(34)26(11-18)16-28-14-24(20(3)22(5)32(28)36)13-25-15-29(33(37)23(6)21(25)4)17-27-12-19(2)8-10-31(27)35/h7-12,14-15,34-37H,13,16-17H2,1-6H3. The van der Waals surface area contributed by atoms with E-state index < -0.39 is 0 Å². The summed E-state index contributed by atoms with van der Waals surface area (Å²) in [4.78, 5) is 0. The lowest BCUT2D eigenvalue weighted by Crippen LogP contribution is -2.03.